The molecule has 1 heterocycles. The van der Waals surface area contributed by atoms with E-state index in [-0.39, 0.29) is 5.50 Å². The Morgan fingerprint density at radius 3 is 2.92 bits per heavy atom. The van der Waals surface area contributed by atoms with Crippen LogP contribution in [0.5, 0.6) is 0 Å². The van der Waals surface area contributed by atoms with Gasteiger partial charge in [0.2, 0.25) is 0 Å². The number of rotatable bonds is 0. The van der Waals surface area contributed by atoms with E-state index in [2.05, 4.69) is 0 Å². The Balaban J connectivity index is 2.55. The van der Waals surface area contributed by atoms with Crippen LogP contribution in [0, 0.1) is 0 Å². The second-order valence-electron chi connectivity index (χ2n) is 2.50. The molecule has 4 N–H and O–H groups in total. The van der Waals surface area contributed by atoms with Gasteiger partial charge in [0.1, 0.15) is 5.50 Å². The van der Waals surface area contributed by atoms with Crippen LogP contribution in [-0.4, -0.2) is 5.50 Å². The first-order valence-corrected chi connectivity index (χ1v) is 4.70. The number of anilines is 1. The predicted molar refractivity (Wildman–Crippen MR) is 52.0 cm³/mol. The highest BCUT2D eigenvalue weighted by Gasteiger charge is 2.26. The molecular formula is C7H8ClN3S. The maximum Gasteiger partial charge on any atom is 0.144 e. The quantitative estimate of drug-likeness (QED) is 0.623. The van der Waals surface area contributed by atoms with Crippen LogP contribution < -0.4 is 16.6 Å². The van der Waals surface area contributed by atoms with Crippen LogP contribution in [0.25, 0.3) is 0 Å². The van der Waals surface area contributed by atoms with Gasteiger partial charge in [0, 0.05) is 4.90 Å². The molecule has 1 aromatic rings. The molecule has 0 aromatic heterocycles. The third-order valence-corrected chi connectivity index (χ3v) is 3.09. The van der Waals surface area contributed by atoms with Crippen LogP contribution in [0.3, 0.4) is 0 Å². The van der Waals surface area contributed by atoms with E-state index in [1.165, 1.54) is 16.8 Å². The molecule has 0 spiro atoms. The summed E-state index contributed by atoms with van der Waals surface area (Å²) in [6, 6.07) is 5.65. The third-order valence-electron chi connectivity index (χ3n) is 1.73. The minimum absolute atomic E-state index is 0.222. The van der Waals surface area contributed by atoms with E-state index < -0.39 is 0 Å². The number of hydrogen-bond donors (Lipinski definition) is 2. The lowest BCUT2D eigenvalue weighted by Crippen LogP contribution is -2.41. The van der Waals surface area contributed by atoms with Crippen molar-refractivity contribution in [3.8, 4) is 0 Å². The van der Waals surface area contributed by atoms with Crippen LogP contribution in [0.15, 0.2) is 23.1 Å². The van der Waals surface area contributed by atoms with E-state index in [1.54, 1.807) is 6.07 Å². The summed E-state index contributed by atoms with van der Waals surface area (Å²) in [5, 5.41) is 2.14. The van der Waals surface area contributed by atoms with Gasteiger partial charge >= 0.3 is 0 Å². The van der Waals surface area contributed by atoms with Crippen molar-refractivity contribution in [2.24, 2.45) is 11.6 Å². The largest absolute Gasteiger partial charge is 0.301 e. The molecular weight excluding hydrogens is 194 g/mol. The molecule has 0 bridgehead atoms. The van der Waals surface area contributed by atoms with E-state index in [9.17, 15) is 0 Å². The molecule has 2 rings (SSSR count). The fourth-order valence-electron chi connectivity index (χ4n) is 1.16. The molecule has 0 aliphatic carbocycles. The Bertz CT molecular complexity index is 318. The van der Waals surface area contributed by atoms with E-state index in [0.29, 0.717) is 5.02 Å². The summed E-state index contributed by atoms with van der Waals surface area (Å²) < 4.78 is 0. The standard InChI is InChI=1S/C7H8ClN3S/c8-4-2-1-3-5-6(4)11(10)7(9)12-5/h1-3,7H,9-10H2. The van der Waals surface area contributed by atoms with Crippen LogP contribution >= 0.6 is 23.4 Å². The van der Waals surface area contributed by atoms with Crippen molar-refractivity contribution in [2.45, 2.75) is 10.4 Å². The van der Waals surface area contributed by atoms with Crippen LogP contribution in [-0.2, 0) is 0 Å². The van der Waals surface area contributed by atoms with Crippen molar-refractivity contribution in [3.05, 3.63) is 23.2 Å². The molecule has 0 fully saturated rings. The minimum Gasteiger partial charge on any atom is -0.301 e. The smallest absolute Gasteiger partial charge is 0.144 e. The highest BCUT2D eigenvalue weighted by molar-refractivity contribution is 8.00. The maximum absolute atomic E-state index is 5.94. The van der Waals surface area contributed by atoms with Crippen molar-refractivity contribution in [1.29, 1.82) is 0 Å². The van der Waals surface area contributed by atoms with Crippen LogP contribution in [0.4, 0.5) is 5.69 Å². The summed E-state index contributed by atoms with van der Waals surface area (Å²) in [7, 11) is 0. The summed E-state index contributed by atoms with van der Waals surface area (Å²) in [6.45, 7) is 0. The average Bonchev–Trinajstić information content (AvgIpc) is 2.29. The maximum atomic E-state index is 5.94. The summed E-state index contributed by atoms with van der Waals surface area (Å²) in [6.07, 6.45) is 0. The van der Waals surface area contributed by atoms with Gasteiger partial charge in [-0.25, -0.2) is 5.84 Å². The van der Waals surface area contributed by atoms with Gasteiger partial charge in [0.05, 0.1) is 10.7 Å². The molecule has 1 unspecified atom stereocenters. The number of thioether (sulfide) groups is 1. The lowest BCUT2D eigenvalue weighted by molar-refractivity contribution is 0.826. The third kappa shape index (κ3) is 1.08. The predicted octanol–water partition coefficient (Wildman–Crippen LogP) is 1.37. The Labute approximate surface area is 79.6 Å². The number of benzene rings is 1. The zero-order valence-corrected chi connectivity index (χ0v) is 7.77. The van der Waals surface area contributed by atoms with Gasteiger partial charge in [-0.1, -0.05) is 29.4 Å². The Morgan fingerprint density at radius 1 is 1.50 bits per heavy atom. The van der Waals surface area contributed by atoms with Crippen LogP contribution in [0.2, 0.25) is 5.02 Å². The molecule has 0 radical (unpaired) electrons. The van der Waals surface area contributed by atoms with Crippen molar-refractivity contribution >= 4 is 29.1 Å². The zero-order chi connectivity index (χ0) is 8.72. The molecule has 3 nitrogen and oxygen atoms in total. The summed E-state index contributed by atoms with van der Waals surface area (Å²) in [4.78, 5) is 1.04. The van der Waals surface area contributed by atoms with Crippen molar-refractivity contribution in [2.75, 3.05) is 5.01 Å². The SMILES string of the molecule is NC1Sc2cccc(Cl)c2N1N. The Morgan fingerprint density at radius 2 is 2.25 bits per heavy atom. The first-order valence-electron chi connectivity index (χ1n) is 3.45. The molecule has 1 aliphatic heterocycles. The van der Waals surface area contributed by atoms with Gasteiger partial charge in [-0.05, 0) is 12.1 Å². The number of nitrogens with zero attached hydrogens (tertiary/aromatic N) is 1. The topological polar surface area (TPSA) is 55.3 Å². The van der Waals surface area contributed by atoms with Crippen molar-refractivity contribution in [1.82, 2.24) is 0 Å². The molecule has 1 aromatic carbocycles. The second-order valence-corrected chi connectivity index (χ2v) is 4.07. The van der Waals surface area contributed by atoms with E-state index in [4.69, 9.17) is 23.2 Å². The molecule has 0 saturated heterocycles. The Hall–Kier alpha value is -0.420. The minimum atomic E-state index is -0.222. The summed E-state index contributed by atoms with van der Waals surface area (Å²) in [5.41, 5.74) is 6.31. The molecule has 64 valence electrons. The van der Waals surface area contributed by atoms with Gasteiger partial charge in [0.15, 0.2) is 0 Å². The zero-order valence-electron chi connectivity index (χ0n) is 6.20. The normalized spacial score (nSPS) is 21.2. The highest BCUT2D eigenvalue weighted by atomic mass is 35.5. The fraction of sp³-hybridized carbons (Fsp3) is 0.143. The first kappa shape index (κ1) is 8.19. The summed E-state index contributed by atoms with van der Waals surface area (Å²) in [5.74, 6) is 5.69. The number of hydrazine groups is 1. The molecule has 5 heteroatoms. The molecule has 0 saturated carbocycles. The number of hydrogen-bond acceptors (Lipinski definition) is 4. The molecule has 1 atom stereocenters. The first-order chi connectivity index (χ1) is 5.70. The molecule has 12 heavy (non-hydrogen) atoms. The van der Waals surface area contributed by atoms with Crippen molar-refractivity contribution in [3.63, 3.8) is 0 Å². The second kappa shape index (κ2) is 2.81. The van der Waals surface area contributed by atoms with Gasteiger partial charge in [0.25, 0.3) is 0 Å². The number of fused-ring (bicyclic) bond motifs is 1. The average molecular weight is 202 g/mol. The molecule has 1 aliphatic rings. The van der Waals surface area contributed by atoms with Gasteiger partial charge in [-0.3, -0.25) is 5.01 Å². The molecule has 0 amide bonds. The monoisotopic (exact) mass is 201 g/mol. The van der Waals surface area contributed by atoms with Crippen molar-refractivity contribution < 1.29 is 0 Å². The van der Waals surface area contributed by atoms with E-state index >= 15 is 0 Å². The lowest BCUT2D eigenvalue weighted by Gasteiger charge is -2.16. The van der Waals surface area contributed by atoms with E-state index in [0.717, 1.165) is 10.6 Å². The summed E-state index contributed by atoms with van der Waals surface area (Å²) >= 11 is 7.45. The lowest BCUT2D eigenvalue weighted by atomic mass is 10.3. The highest BCUT2D eigenvalue weighted by Crippen LogP contribution is 2.43. The van der Waals surface area contributed by atoms with E-state index in [1.807, 2.05) is 12.1 Å². The van der Waals surface area contributed by atoms with Gasteiger partial charge < -0.3 is 5.73 Å². The number of halogens is 1. The van der Waals surface area contributed by atoms with Crippen LogP contribution in [0.1, 0.15) is 0 Å². The number of para-hydroxylation sites is 1. The van der Waals surface area contributed by atoms with Gasteiger partial charge in [-0.15, -0.1) is 0 Å². The Kier molecular flexibility index (Phi) is 1.92. The fourth-order valence-corrected chi connectivity index (χ4v) is 2.45. The number of nitrogens with two attached hydrogens (primary N) is 2. The van der Waals surface area contributed by atoms with Gasteiger partial charge in [-0.2, -0.15) is 0 Å².